The second-order valence-corrected chi connectivity index (χ2v) is 6.37. The van der Waals surface area contributed by atoms with Gasteiger partial charge >= 0.3 is 0 Å². The van der Waals surface area contributed by atoms with E-state index in [1.807, 2.05) is 38.1 Å². The molecule has 1 atom stereocenters. The van der Waals surface area contributed by atoms with E-state index in [9.17, 15) is 0 Å². The Hall–Kier alpha value is -2.15. The molecule has 2 aromatic heterocycles. The summed E-state index contributed by atoms with van der Waals surface area (Å²) >= 11 is 1.52. The lowest BCUT2D eigenvalue weighted by Gasteiger charge is -2.10. The number of para-hydroxylation sites is 1. The first-order valence-electron chi connectivity index (χ1n) is 7.71. The van der Waals surface area contributed by atoms with Gasteiger partial charge in [0.25, 0.3) is 0 Å². The van der Waals surface area contributed by atoms with Crippen molar-refractivity contribution in [1.29, 1.82) is 0 Å². The highest BCUT2D eigenvalue weighted by molar-refractivity contribution is 7.99. The average molecular weight is 329 g/mol. The fourth-order valence-electron chi connectivity index (χ4n) is 2.19. The Morgan fingerprint density at radius 2 is 2.00 bits per heavy atom. The minimum atomic E-state index is -0.00145. The summed E-state index contributed by atoms with van der Waals surface area (Å²) in [6.45, 7) is 6.88. The molecule has 7 heteroatoms. The van der Waals surface area contributed by atoms with Crippen LogP contribution in [0.1, 0.15) is 37.7 Å². The number of aryl methyl sites for hydroxylation is 1. The van der Waals surface area contributed by atoms with Crippen LogP contribution in [0.4, 0.5) is 5.82 Å². The van der Waals surface area contributed by atoms with Crippen LogP contribution in [0, 0.1) is 0 Å². The summed E-state index contributed by atoms with van der Waals surface area (Å²) in [6, 6.07) is 7.99. The van der Waals surface area contributed by atoms with Crippen molar-refractivity contribution in [2.24, 2.45) is 0 Å². The van der Waals surface area contributed by atoms with E-state index < -0.39 is 0 Å². The summed E-state index contributed by atoms with van der Waals surface area (Å²) < 4.78 is 5.30. The van der Waals surface area contributed by atoms with E-state index in [2.05, 4.69) is 32.3 Å². The molecule has 0 aliphatic rings. The largest absolute Gasteiger partial charge is 0.370 e. The third kappa shape index (κ3) is 3.44. The molecule has 0 bridgehead atoms. The van der Waals surface area contributed by atoms with Crippen molar-refractivity contribution < 1.29 is 4.52 Å². The molecule has 1 unspecified atom stereocenters. The smallest absolute Gasteiger partial charge is 0.239 e. The second kappa shape index (κ2) is 6.95. The van der Waals surface area contributed by atoms with Gasteiger partial charge in [0.15, 0.2) is 11.0 Å². The van der Waals surface area contributed by atoms with Gasteiger partial charge in [-0.15, -0.1) is 0 Å². The number of benzene rings is 1. The normalized spacial score (nSPS) is 12.5. The van der Waals surface area contributed by atoms with E-state index in [1.54, 1.807) is 0 Å². The second-order valence-electron chi connectivity index (χ2n) is 5.06. The van der Waals surface area contributed by atoms with Crippen LogP contribution in [0.25, 0.3) is 10.9 Å². The van der Waals surface area contributed by atoms with Crippen molar-refractivity contribution in [1.82, 2.24) is 20.1 Å². The van der Waals surface area contributed by atoms with Gasteiger partial charge in [-0.3, -0.25) is 0 Å². The average Bonchev–Trinajstić information content (AvgIpc) is 3.04. The SMILES string of the molecule is CCNc1nc(SC(C)c2nc(CC)no2)nc2ccccc12. The van der Waals surface area contributed by atoms with Crippen LogP contribution in [0.2, 0.25) is 0 Å². The molecule has 0 aliphatic heterocycles. The lowest BCUT2D eigenvalue weighted by atomic mass is 10.2. The summed E-state index contributed by atoms with van der Waals surface area (Å²) in [5, 5.41) is 8.96. The summed E-state index contributed by atoms with van der Waals surface area (Å²) in [4.78, 5) is 13.6. The number of hydrogen-bond acceptors (Lipinski definition) is 7. The van der Waals surface area contributed by atoms with Gasteiger partial charge in [-0.25, -0.2) is 9.97 Å². The molecule has 2 heterocycles. The van der Waals surface area contributed by atoms with Crippen LogP contribution in [0.5, 0.6) is 0 Å². The molecule has 0 radical (unpaired) electrons. The van der Waals surface area contributed by atoms with E-state index in [0.29, 0.717) is 11.0 Å². The third-order valence-corrected chi connectivity index (χ3v) is 4.31. The quantitative estimate of drug-likeness (QED) is 0.543. The number of thioether (sulfide) groups is 1. The van der Waals surface area contributed by atoms with Crippen molar-refractivity contribution in [3.8, 4) is 0 Å². The number of nitrogens with one attached hydrogen (secondary N) is 1. The molecule has 0 amide bonds. The highest BCUT2D eigenvalue weighted by atomic mass is 32.2. The molecule has 3 rings (SSSR count). The van der Waals surface area contributed by atoms with Crippen molar-refractivity contribution in [3.05, 3.63) is 36.0 Å². The maximum atomic E-state index is 5.30. The minimum absolute atomic E-state index is 0.00145. The first kappa shape index (κ1) is 15.7. The van der Waals surface area contributed by atoms with Crippen molar-refractivity contribution >= 4 is 28.5 Å². The zero-order valence-electron chi connectivity index (χ0n) is 13.4. The summed E-state index contributed by atoms with van der Waals surface area (Å²) in [6.07, 6.45) is 0.762. The summed E-state index contributed by atoms with van der Waals surface area (Å²) in [5.41, 5.74) is 0.924. The lowest BCUT2D eigenvalue weighted by Crippen LogP contribution is -2.03. The van der Waals surface area contributed by atoms with Gasteiger partial charge in [0, 0.05) is 18.4 Å². The topological polar surface area (TPSA) is 76.7 Å². The molecule has 0 saturated heterocycles. The molecule has 1 aromatic carbocycles. The molecule has 0 saturated carbocycles. The van der Waals surface area contributed by atoms with E-state index in [4.69, 9.17) is 4.52 Å². The first-order chi connectivity index (χ1) is 11.2. The Labute approximate surface area is 139 Å². The third-order valence-electron chi connectivity index (χ3n) is 3.36. The molecule has 23 heavy (non-hydrogen) atoms. The summed E-state index contributed by atoms with van der Waals surface area (Å²) in [5.74, 6) is 2.18. The predicted octanol–water partition coefficient (Wildman–Crippen LogP) is 3.86. The van der Waals surface area contributed by atoms with Gasteiger partial charge in [0.05, 0.1) is 10.8 Å². The van der Waals surface area contributed by atoms with Gasteiger partial charge in [-0.1, -0.05) is 36.0 Å². The van der Waals surface area contributed by atoms with Crippen molar-refractivity contribution in [2.45, 2.75) is 37.6 Å². The molecule has 6 nitrogen and oxygen atoms in total. The van der Waals surface area contributed by atoms with Gasteiger partial charge in [0.2, 0.25) is 5.89 Å². The Morgan fingerprint density at radius 3 is 2.74 bits per heavy atom. The maximum absolute atomic E-state index is 5.30. The first-order valence-corrected chi connectivity index (χ1v) is 8.59. The van der Waals surface area contributed by atoms with Gasteiger partial charge in [-0.2, -0.15) is 4.98 Å². The maximum Gasteiger partial charge on any atom is 0.239 e. The molecular formula is C16H19N5OS. The van der Waals surface area contributed by atoms with Gasteiger partial charge < -0.3 is 9.84 Å². The van der Waals surface area contributed by atoms with Crippen LogP contribution >= 0.6 is 11.8 Å². The standard InChI is InChI=1S/C16H19N5OS/c1-4-13-19-15(22-21-13)10(3)23-16-18-12-9-7-6-8-11(12)14(20-16)17-5-2/h6-10H,4-5H2,1-3H3,(H,17,18,20). The number of hydrogen-bond donors (Lipinski definition) is 1. The molecule has 0 spiro atoms. The Morgan fingerprint density at radius 1 is 1.17 bits per heavy atom. The van der Waals surface area contributed by atoms with E-state index in [0.717, 1.165) is 35.5 Å². The fourth-order valence-corrected chi connectivity index (χ4v) is 3.00. The molecule has 120 valence electrons. The van der Waals surface area contributed by atoms with Gasteiger partial charge in [0.1, 0.15) is 5.82 Å². The number of nitrogens with zero attached hydrogens (tertiary/aromatic N) is 4. The molecule has 3 aromatic rings. The monoisotopic (exact) mass is 329 g/mol. The fraction of sp³-hybridized carbons (Fsp3) is 0.375. The Bertz CT molecular complexity index is 804. The van der Waals surface area contributed by atoms with Crippen LogP contribution < -0.4 is 5.32 Å². The van der Waals surface area contributed by atoms with Crippen LogP contribution in [0.3, 0.4) is 0 Å². The number of fused-ring (bicyclic) bond motifs is 1. The Balaban J connectivity index is 1.89. The number of rotatable bonds is 6. The zero-order chi connectivity index (χ0) is 16.2. The van der Waals surface area contributed by atoms with Crippen LogP contribution in [-0.4, -0.2) is 26.7 Å². The Kier molecular flexibility index (Phi) is 4.76. The molecule has 1 N–H and O–H groups in total. The van der Waals surface area contributed by atoms with E-state index in [-0.39, 0.29) is 5.25 Å². The van der Waals surface area contributed by atoms with Crippen molar-refractivity contribution in [2.75, 3.05) is 11.9 Å². The summed E-state index contributed by atoms with van der Waals surface area (Å²) in [7, 11) is 0. The number of anilines is 1. The minimum Gasteiger partial charge on any atom is -0.370 e. The molecular weight excluding hydrogens is 310 g/mol. The molecule has 0 aliphatic carbocycles. The highest BCUT2D eigenvalue weighted by Gasteiger charge is 2.18. The molecule has 0 fully saturated rings. The van der Waals surface area contributed by atoms with Crippen LogP contribution in [0.15, 0.2) is 33.9 Å². The van der Waals surface area contributed by atoms with E-state index >= 15 is 0 Å². The zero-order valence-corrected chi connectivity index (χ0v) is 14.2. The van der Waals surface area contributed by atoms with E-state index in [1.165, 1.54) is 11.8 Å². The van der Waals surface area contributed by atoms with Crippen LogP contribution in [-0.2, 0) is 6.42 Å². The van der Waals surface area contributed by atoms with Gasteiger partial charge in [-0.05, 0) is 26.0 Å². The predicted molar refractivity (Wildman–Crippen MR) is 91.6 cm³/mol. The number of aromatic nitrogens is 4. The highest BCUT2D eigenvalue weighted by Crippen LogP contribution is 2.34. The van der Waals surface area contributed by atoms with Crippen molar-refractivity contribution in [3.63, 3.8) is 0 Å². The lowest BCUT2D eigenvalue weighted by molar-refractivity contribution is 0.375.